The molecule has 0 radical (unpaired) electrons. The molecule has 9 aromatic carbocycles. The van der Waals surface area contributed by atoms with Crippen molar-refractivity contribution < 1.29 is 0 Å². The molecule has 0 aliphatic heterocycles. The van der Waals surface area contributed by atoms with Crippen molar-refractivity contribution in [2.45, 2.75) is 0 Å². The van der Waals surface area contributed by atoms with Gasteiger partial charge in [-0.3, -0.25) is 0 Å². The Labute approximate surface area is 332 Å². The molecule has 0 aliphatic carbocycles. The first-order valence-corrected chi connectivity index (χ1v) is 19.8. The lowest BCUT2D eigenvalue weighted by molar-refractivity contribution is 1.19. The van der Waals surface area contributed by atoms with Gasteiger partial charge in [0, 0.05) is 49.1 Å². The van der Waals surface area contributed by atoms with Crippen LogP contribution in [0.25, 0.3) is 121 Å². The van der Waals surface area contributed by atoms with Crippen LogP contribution in [0.1, 0.15) is 0 Å². The van der Waals surface area contributed by atoms with Crippen LogP contribution in [0, 0.1) is 0 Å². The van der Waals surface area contributed by atoms with Gasteiger partial charge in [0.15, 0.2) is 0 Å². The lowest BCUT2D eigenvalue weighted by Gasteiger charge is -2.13. The highest BCUT2D eigenvalue weighted by molar-refractivity contribution is 6.37. The fraction of sp³-hybridized carbons (Fsp3) is 0. The molecule has 0 bridgehead atoms. The summed E-state index contributed by atoms with van der Waals surface area (Å²) in [6.45, 7) is 0. The molecule has 0 saturated heterocycles. The second-order valence-electron chi connectivity index (χ2n) is 15.3. The van der Waals surface area contributed by atoms with Crippen molar-refractivity contribution >= 4 is 81.7 Å². The van der Waals surface area contributed by atoms with Crippen molar-refractivity contribution in [2.24, 2.45) is 0 Å². The maximum absolute atomic E-state index is 5.27. The maximum atomic E-state index is 5.27. The number of hydrogen-bond acceptors (Lipinski definition) is 2. The van der Waals surface area contributed by atoms with Crippen LogP contribution in [-0.2, 0) is 0 Å². The van der Waals surface area contributed by atoms with Gasteiger partial charge in [0.2, 0.25) is 0 Å². The summed E-state index contributed by atoms with van der Waals surface area (Å²) < 4.78 is 4.98. The number of aromatic nitrogens is 4. The first-order valence-electron chi connectivity index (χ1n) is 19.8. The molecule has 4 heteroatoms. The van der Waals surface area contributed by atoms with Gasteiger partial charge in [-0.15, -0.1) is 0 Å². The predicted octanol–water partition coefficient (Wildman–Crippen LogP) is 14.0. The number of nitrogens with zero attached hydrogens (tertiary/aromatic N) is 4. The Bertz CT molecular complexity index is 3760. The number of hydrogen-bond donors (Lipinski definition) is 0. The van der Waals surface area contributed by atoms with E-state index in [0.29, 0.717) is 0 Å². The summed E-state index contributed by atoms with van der Waals surface area (Å²) in [6, 6.07) is 69.8. The molecule has 13 aromatic rings. The highest BCUT2D eigenvalue weighted by Crippen LogP contribution is 2.48. The Morgan fingerprint density at radius 3 is 1.59 bits per heavy atom. The summed E-state index contributed by atoms with van der Waals surface area (Å²) in [5.41, 5.74) is 15.2. The second-order valence-corrected chi connectivity index (χ2v) is 15.3. The standard InChI is InChI=1S/C54H32N4/c1-2-12-33(13-3-1)34-22-24-36(25-23-34)51-52(56-45-19-9-8-18-44(45)55-51)37-26-29-38(30-27-37)57-46-20-10-6-16-40(46)42-32-43-41-17-7-11-21-47(41)58-48-31-28-35-14-4-5-15-39(35)49(48)50(53(42)57)54(43)58/h1-32H. The quantitative estimate of drug-likeness (QED) is 0.180. The predicted molar refractivity (Wildman–Crippen MR) is 242 cm³/mol. The molecule has 0 N–H and O–H groups in total. The zero-order valence-corrected chi connectivity index (χ0v) is 31.3. The van der Waals surface area contributed by atoms with E-state index < -0.39 is 0 Å². The van der Waals surface area contributed by atoms with E-state index in [1.54, 1.807) is 0 Å². The Morgan fingerprint density at radius 2 is 0.862 bits per heavy atom. The van der Waals surface area contributed by atoms with Crippen LogP contribution >= 0.6 is 0 Å². The Hall–Kier alpha value is -7.82. The number of rotatable bonds is 4. The average Bonchev–Trinajstić information content (AvgIpc) is 3.94. The minimum absolute atomic E-state index is 0.866. The van der Waals surface area contributed by atoms with Crippen LogP contribution < -0.4 is 0 Å². The van der Waals surface area contributed by atoms with Gasteiger partial charge in [0.1, 0.15) is 0 Å². The third-order valence-corrected chi connectivity index (χ3v) is 12.2. The molecule has 0 unspecified atom stereocenters. The second kappa shape index (κ2) is 11.8. The fourth-order valence-corrected chi connectivity index (χ4v) is 9.66. The number of benzene rings is 9. The van der Waals surface area contributed by atoms with Crippen molar-refractivity contribution in [1.82, 2.24) is 18.9 Å². The molecule has 0 fully saturated rings. The lowest BCUT2D eigenvalue weighted by atomic mass is 9.99. The summed E-state index contributed by atoms with van der Waals surface area (Å²) in [5.74, 6) is 0. The molecular formula is C54H32N4. The van der Waals surface area contributed by atoms with Crippen LogP contribution in [0.2, 0.25) is 0 Å². The van der Waals surface area contributed by atoms with Crippen molar-refractivity contribution in [3.05, 3.63) is 194 Å². The van der Waals surface area contributed by atoms with Gasteiger partial charge in [-0.25, -0.2) is 9.97 Å². The van der Waals surface area contributed by atoms with Crippen LogP contribution in [0.3, 0.4) is 0 Å². The Kier molecular flexibility index (Phi) is 6.41. The molecular weight excluding hydrogens is 705 g/mol. The van der Waals surface area contributed by atoms with E-state index in [-0.39, 0.29) is 0 Å². The van der Waals surface area contributed by atoms with Gasteiger partial charge in [-0.2, -0.15) is 0 Å². The van der Waals surface area contributed by atoms with Crippen LogP contribution in [0.15, 0.2) is 194 Å². The van der Waals surface area contributed by atoms with Crippen molar-refractivity contribution in [1.29, 1.82) is 0 Å². The average molecular weight is 737 g/mol. The molecule has 0 aliphatic rings. The van der Waals surface area contributed by atoms with E-state index in [1.165, 1.54) is 81.8 Å². The largest absolute Gasteiger partial charge is 0.309 e. The molecule has 13 rings (SSSR count). The number of para-hydroxylation sites is 4. The van der Waals surface area contributed by atoms with Gasteiger partial charge >= 0.3 is 0 Å². The minimum atomic E-state index is 0.866. The SMILES string of the molecule is c1ccc(-c2ccc(-c3nc4ccccc4nc3-c3ccc(-n4c5ccccc5c5cc6c7ccccc7n7c8ccc9ccccc9c8c(c54)c67)cc3)cc2)cc1. The van der Waals surface area contributed by atoms with E-state index in [0.717, 1.165) is 39.2 Å². The molecule has 0 atom stereocenters. The summed E-state index contributed by atoms with van der Waals surface area (Å²) in [7, 11) is 0. The van der Waals surface area contributed by atoms with Crippen LogP contribution in [-0.4, -0.2) is 18.9 Å². The number of fused-ring (bicyclic) bond motifs is 13. The zero-order chi connectivity index (χ0) is 37.9. The van der Waals surface area contributed by atoms with E-state index in [1.807, 2.05) is 24.3 Å². The first-order chi connectivity index (χ1) is 28.8. The van der Waals surface area contributed by atoms with Gasteiger partial charge in [0.25, 0.3) is 0 Å². The van der Waals surface area contributed by atoms with Gasteiger partial charge in [-0.1, -0.05) is 146 Å². The van der Waals surface area contributed by atoms with Crippen molar-refractivity contribution in [3.8, 4) is 39.3 Å². The van der Waals surface area contributed by atoms with Gasteiger partial charge in [0.05, 0.1) is 50.0 Å². The molecule has 58 heavy (non-hydrogen) atoms. The highest BCUT2D eigenvalue weighted by atomic mass is 15.0. The summed E-state index contributed by atoms with van der Waals surface area (Å²) in [6.07, 6.45) is 0. The van der Waals surface area contributed by atoms with Gasteiger partial charge in [-0.05, 0) is 70.4 Å². The van der Waals surface area contributed by atoms with Crippen molar-refractivity contribution in [3.63, 3.8) is 0 Å². The van der Waals surface area contributed by atoms with E-state index in [2.05, 4.69) is 179 Å². The van der Waals surface area contributed by atoms with E-state index >= 15 is 0 Å². The summed E-state index contributed by atoms with van der Waals surface area (Å²) >= 11 is 0. The van der Waals surface area contributed by atoms with E-state index in [4.69, 9.17) is 9.97 Å². The molecule has 4 aromatic heterocycles. The van der Waals surface area contributed by atoms with Crippen LogP contribution in [0.4, 0.5) is 0 Å². The van der Waals surface area contributed by atoms with Gasteiger partial charge < -0.3 is 8.97 Å². The third kappa shape index (κ3) is 4.34. The monoisotopic (exact) mass is 736 g/mol. The molecule has 4 heterocycles. The minimum Gasteiger partial charge on any atom is -0.309 e. The maximum Gasteiger partial charge on any atom is 0.0973 e. The van der Waals surface area contributed by atoms with E-state index in [9.17, 15) is 0 Å². The third-order valence-electron chi connectivity index (χ3n) is 12.2. The fourth-order valence-electron chi connectivity index (χ4n) is 9.66. The molecule has 268 valence electrons. The smallest absolute Gasteiger partial charge is 0.0973 e. The highest BCUT2D eigenvalue weighted by Gasteiger charge is 2.25. The molecule has 4 nitrogen and oxygen atoms in total. The zero-order valence-electron chi connectivity index (χ0n) is 31.3. The first kappa shape index (κ1) is 31.4. The summed E-state index contributed by atoms with van der Waals surface area (Å²) in [4.78, 5) is 10.5. The topological polar surface area (TPSA) is 35.1 Å². The molecule has 0 amide bonds. The molecule has 0 saturated carbocycles. The Morgan fingerprint density at radius 1 is 0.328 bits per heavy atom. The molecule has 0 spiro atoms. The Balaban J connectivity index is 1.06. The van der Waals surface area contributed by atoms with Crippen LogP contribution in [0.5, 0.6) is 0 Å². The van der Waals surface area contributed by atoms with Crippen molar-refractivity contribution in [2.75, 3.05) is 0 Å². The normalized spacial score (nSPS) is 12.1. The summed E-state index contributed by atoms with van der Waals surface area (Å²) in [5, 5.41) is 10.2. The lowest BCUT2D eigenvalue weighted by Crippen LogP contribution is -1.97.